The van der Waals surface area contributed by atoms with Crippen molar-refractivity contribution in [2.24, 2.45) is 0 Å². The van der Waals surface area contributed by atoms with Crippen molar-refractivity contribution >= 4 is 40.0 Å². The molecule has 2 aromatic carbocycles. The lowest BCUT2D eigenvalue weighted by atomic mass is 10.1. The third-order valence-corrected chi connectivity index (χ3v) is 3.53. The van der Waals surface area contributed by atoms with Crippen molar-refractivity contribution in [1.29, 1.82) is 0 Å². The molecular formula is C14H10Cl2N2O. The number of nitrogen functional groups attached to an aromatic ring is 1. The second-order valence-electron chi connectivity index (χ2n) is 4.26. The monoisotopic (exact) mass is 292 g/mol. The summed E-state index contributed by atoms with van der Waals surface area (Å²) in [7, 11) is 0. The number of hydrogen-bond acceptors (Lipinski definition) is 3. The molecule has 0 aliphatic carbocycles. The van der Waals surface area contributed by atoms with Gasteiger partial charge in [-0.2, -0.15) is 0 Å². The van der Waals surface area contributed by atoms with Crippen molar-refractivity contribution in [3.05, 3.63) is 57.9 Å². The molecule has 0 unspecified atom stereocenters. The number of benzene rings is 2. The highest BCUT2D eigenvalue weighted by Gasteiger charge is 2.08. The zero-order valence-corrected chi connectivity index (χ0v) is 11.4. The Bertz CT molecular complexity index is 752. The first-order valence-electron chi connectivity index (χ1n) is 5.71. The molecule has 2 N–H and O–H groups in total. The van der Waals surface area contributed by atoms with Crippen LogP contribution in [0.4, 0.5) is 5.69 Å². The van der Waals surface area contributed by atoms with Gasteiger partial charge in [-0.1, -0.05) is 29.3 Å². The van der Waals surface area contributed by atoms with Crippen LogP contribution in [0.25, 0.3) is 11.1 Å². The number of fused-ring (bicyclic) bond motifs is 1. The van der Waals surface area contributed by atoms with E-state index in [2.05, 4.69) is 4.98 Å². The maximum Gasteiger partial charge on any atom is 0.199 e. The van der Waals surface area contributed by atoms with Crippen LogP contribution in [-0.2, 0) is 6.42 Å². The second-order valence-corrected chi connectivity index (χ2v) is 5.07. The van der Waals surface area contributed by atoms with Crippen LogP contribution in [0, 0.1) is 0 Å². The van der Waals surface area contributed by atoms with Crippen LogP contribution < -0.4 is 5.73 Å². The Morgan fingerprint density at radius 1 is 1.05 bits per heavy atom. The van der Waals surface area contributed by atoms with E-state index in [1.165, 1.54) is 0 Å². The number of anilines is 1. The summed E-state index contributed by atoms with van der Waals surface area (Å²) in [6.45, 7) is 0. The number of rotatable bonds is 2. The molecule has 0 fully saturated rings. The highest BCUT2D eigenvalue weighted by atomic mass is 35.5. The molecule has 3 aromatic rings. The van der Waals surface area contributed by atoms with Gasteiger partial charge in [0.1, 0.15) is 5.52 Å². The van der Waals surface area contributed by atoms with E-state index in [0.717, 1.165) is 16.7 Å². The molecule has 0 amide bonds. The summed E-state index contributed by atoms with van der Waals surface area (Å²) < 4.78 is 5.65. The van der Waals surface area contributed by atoms with Gasteiger partial charge in [0.15, 0.2) is 11.5 Å². The lowest BCUT2D eigenvalue weighted by Gasteiger charge is -1.99. The number of aromatic nitrogens is 1. The van der Waals surface area contributed by atoms with Gasteiger partial charge >= 0.3 is 0 Å². The predicted molar refractivity (Wildman–Crippen MR) is 77.7 cm³/mol. The molecule has 19 heavy (non-hydrogen) atoms. The van der Waals surface area contributed by atoms with E-state index in [0.29, 0.717) is 28.0 Å². The molecule has 0 atom stereocenters. The molecule has 0 saturated heterocycles. The first-order chi connectivity index (χ1) is 9.11. The van der Waals surface area contributed by atoms with Crippen LogP contribution in [-0.4, -0.2) is 4.98 Å². The lowest BCUT2D eigenvalue weighted by molar-refractivity contribution is 0.544. The summed E-state index contributed by atoms with van der Waals surface area (Å²) in [6, 6.07) is 10.9. The molecule has 0 aliphatic heterocycles. The Kier molecular flexibility index (Phi) is 3.09. The first kappa shape index (κ1) is 12.3. The zero-order chi connectivity index (χ0) is 13.4. The minimum absolute atomic E-state index is 0.527. The van der Waals surface area contributed by atoms with Crippen LogP contribution in [0.5, 0.6) is 0 Å². The number of oxazole rings is 1. The van der Waals surface area contributed by atoms with Gasteiger partial charge in [0.25, 0.3) is 0 Å². The van der Waals surface area contributed by atoms with Gasteiger partial charge in [-0.15, -0.1) is 0 Å². The molecule has 0 saturated carbocycles. The van der Waals surface area contributed by atoms with Crippen LogP contribution in [0.3, 0.4) is 0 Å². The molecule has 3 rings (SSSR count). The molecule has 1 heterocycles. The molecule has 0 aliphatic rings. The summed E-state index contributed by atoms with van der Waals surface area (Å²) >= 11 is 11.9. The number of nitrogens with zero attached hydrogens (tertiary/aromatic N) is 1. The highest BCUT2D eigenvalue weighted by Crippen LogP contribution is 2.25. The second kappa shape index (κ2) is 4.76. The fourth-order valence-corrected chi connectivity index (χ4v) is 2.21. The van der Waals surface area contributed by atoms with Crippen LogP contribution in [0.2, 0.25) is 10.0 Å². The van der Waals surface area contributed by atoms with Gasteiger partial charge in [0.05, 0.1) is 10.0 Å². The third-order valence-electron chi connectivity index (χ3n) is 2.80. The average Bonchev–Trinajstić information content (AvgIpc) is 2.75. The first-order valence-corrected chi connectivity index (χ1v) is 6.46. The molecule has 96 valence electrons. The lowest BCUT2D eigenvalue weighted by Crippen LogP contribution is -1.88. The third kappa shape index (κ3) is 2.53. The van der Waals surface area contributed by atoms with Gasteiger partial charge in [0.2, 0.25) is 0 Å². The van der Waals surface area contributed by atoms with Crippen LogP contribution >= 0.6 is 23.2 Å². The molecular weight excluding hydrogens is 283 g/mol. The molecule has 0 radical (unpaired) electrons. The number of hydrogen-bond donors (Lipinski definition) is 1. The Balaban J connectivity index is 1.94. The minimum atomic E-state index is 0.527. The SMILES string of the molecule is Nc1ccc2oc(Cc3ccc(Cl)c(Cl)c3)nc2c1. The molecule has 0 bridgehead atoms. The van der Waals surface area contributed by atoms with Gasteiger partial charge < -0.3 is 10.2 Å². The molecule has 1 aromatic heterocycles. The van der Waals surface area contributed by atoms with E-state index < -0.39 is 0 Å². The van der Waals surface area contributed by atoms with Crippen LogP contribution in [0.1, 0.15) is 11.5 Å². The van der Waals surface area contributed by atoms with Gasteiger partial charge in [-0.05, 0) is 35.9 Å². The number of halogens is 2. The van der Waals surface area contributed by atoms with E-state index in [4.69, 9.17) is 33.4 Å². The Morgan fingerprint density at radius 2 is 1.89 bits per heavy atom. The Morgan fingerprint density at radius 3 is 2.68 bits per heavy atom. The van der Waals surface area contributed by atoms with Crippen molar-refractivity contribution in [2.45, 2.75) is 6.42 Å². The van der Waals surface area contributed by atoms with Crippen molar-refractivity contribution in [3.63, 3.8) is 0 Å². The quantitative estimate of drug-likeness (QED) is 0.716. The molecule has 0 spiro atoms. The van der Waals surface area contributed by atoms with Crippen LogP contribution in [0.15, 0.2) is 40.8 Å². The summed E-state index contributed by atoms with van der Waals surface area (Å²) in [6.07, 6.45) is 0.561. The minimum Gasteiger partial charge on any atom is -0.440 e. The topological polar surface area (TPSA) is 52.0 Å². The fraction of sp³-hybridized carbons (Fsp3) is 0.0714. The van der Waals surface area contributed by atoms with Crippen molar-refractivity contribution in [3.8, 4) is 0 Å². The van der Waals surface area contributed by atoms with Crippen molar-refractivity contribution < 1.29 is 4.42 Å². The van der Waals surface area contributed by atoms with E-state index in [1.807, 2.05) is 18.2 Å². The maximum absolute atomic E-state index is 5.98. The van der Waals surface area contributed by atoms with Crippen molar-refractivity contribution in [2.75, 3.05) is 5.73 Å². The standard InChI is InChI=1S/C14H10Cl2N2O/c15-10-3-1-8(5-11(10)16)6-14-18-12-7-9(17)2-4-13(12)19-14/h1-5,7H,6,17H2. The van der Waals surface area contributed by atoms with E-state index in [9.17, 15) is 0 Å². The molecule has 5 heteroatoms. The number of nitrogens with two attached hydrogens (primary N) is 1. The zero-order valence-electron chi connectivity index (χ0n) is 9.86. The highest BCUT2D eigenvalue weighted by molar-refractivity contribution is 6.42. The smallest absolute Gasteiger partial charge is 0.199 e. The Labute approximate surface area is 119 Å². The van der Waals surface area contributed by atoms with E-state index in [1.54, 1.807) is 18.2 Å². The summed E-state index contributed by atoms with van der Waals surface area (Å²) in [4.78, 5) is 4.40. The predicted octanol–water partition coefficient (Wildman–Crippen LogP) is 4.31. The van der Waals surface area contributed by atoms with Crippen molar-refractivity contribution in [1.82, 2.24) is 4.98 Å². The van der Waals surface area contributed by atoms with E-state index >= 15 is 0 Å². The fourth-order valence-electron chi connectivity index (χ4n) is 1.89. The molecule has 3 nitrogen and oxygen atoms in total. The normalized spacial score (nSPS) is 11.1. The van der Waals surface area contributed by atoms with Gasteiger partial charge in [-0.3, -0.25) is 0 Å². The van der Waals surface area contributed by atoms with Gasteiger partial charge in [0, 0.05) is 12.1 Å². The summed E-state index contributed by atoms with van der Waals surface area (Å²) in [5.41, 5.74) is 8.86. The largest absolute Gasteiger partial charge is 0.440 e. The van der Waals surface area contributed by atoms with E-state index in [-0.39, 0.29) is 0 Å². The van der Waals surface area contributed by atoms with Gasteiger partial charge in [-0.25, -0.2) is 4.98 Å². The Hall–Kier alpha value is -1.71. The maximum atomic E-state index is 5.98. The summed E-state index contributed by atoms with van der Waals surface area (Å²) in [5.74, 6) is 0.624. The summed E-state index contributed by atoms with van der Waals surface area (Å²) in [5, 5.41) is 1.07. The average molecular weight is 293 g/mol.